The third-order valence-corrected chi connectivity index (χ3v) is 3.30. The van der Waals surface area contributed by atoms with Gasteiger partial charge in [0.1, 0.15) is 17.7 Å². The minimum atomic E-state index is 0.588. The van der Waals surface area contributed by atoms with Gasteiger partial charge in [0.25, 0.3) is 0 Å². The average Bonchev–Trinajstić information content (AvgIpc) is 2.53. The normalized spacial score (nSPS) is 9.95. The van der Waals surface area contributed by atoms with Crippen molar-refractivity contribution < 1.29 is 0 Å². The standard InChI is InChI=1S/C15H17N5S/c1-3-8-17-13-9-14(20-15(19-13)21-2)18-12-7-5-4-6-11(12)10-16/h4-7,9H,3,8H2,1-2H3,(H2,17,18,19,20). The molecule has 21 heavy (non-hydrogen) atoms. The van der Waals surface area contributed by atoms with Crippen molar-refractivity contribution in [2.75, 3.05) is 23.4 Å². The molecule has 0 unspecified atom stereocenters. The number of nitrogens with one attached hydrogen (secondary N) is 2. The number of thioether (sulfide) groups is 1. The largest absolute Gasteiger partial charge is 0.370 e. The van der Waals surface area contributed by atoms with Gasteiger partial charge in [-0.25, -0.2) is 9.97 Å². The van der Waals surface area contributed by atoms with Crippen LogP contribution in [0.1, 0.15) is 18.9 Å². The summed E-state index contributed by atoms with van der Waals surface area (Å²) in [6, 6.07) is 11.4. The summed E-state index contributed by atoms with van der Waals surface area (Å²) in [5.74, 6) is 1.46. The maximum absolute atomic E-state index is 9.13. The first-order valence-corrected chi connectivity index (χ1v) is 7.92. The van der Waals surface area contributed by atoms with E-state index in [2.05, 4.69) is 33.6 Å². The fourth-order valence-electron chi connectivity index (χ4n) is 1.75. The van der Waals surface area contributed by atoms with Crippen LogP contribution in [-0.2, 0) is 0 Å². The smallest absolute Gasteiger partial charge is 0.191 e. The Balaban J connectivity index is 2.28. The van der Waals surface area contributed by atoms with E-state index in [1.807, 2.05) is 30.5 Å². The molecular weight excluding hydrogens is 282 g/mol. The summed E-state index contributed by atoms with van der Waals surface area (Å²) in [6.07, 6.45) is 2.96. The number of hydrogen-bond donors (Lipinski definition) is 2. The molecule has 2 rings (SSSR count). The summed E-state index contributed by atoms with van der Waals surface area (Å²) in [5, 5.41) is 16.3. The molecule has 108 valence electrons. The summed E-state index contributed by atoms with van der Waals surface area (Å²) in [4.78, 5) is 8.83. The van der Waals surface area contributed by atoms with Crippen molar-refractivity contribution in [1.29, 1.82) is 5.26 Å². The number of nitrogens with zero attached hydrogens (tertiary/aromatic N) is 3. The maximum Gasteiger partial charge on any atom is 0.191 e. The minimum absolute atomic E-state index is 0.588. The lowest BCUT2D eigenvalue weighted by atomic mass is 10.2. The number of benzene rings is 1. The van der Waals surface area contributed by atoms with Gasteiger partial charge in [0.15, 0.2) is 5.16 Å². The van der Waals surface area contributed by atoms with Gasteiger partial charge in [-0.2, -0.15) is 5.26 Å². The van der Waals surface area contributed by atoms with Gasteiger partial charge in [0.2, 0.25) is 0 Å². The van der Waals surface area contributed by atoms with Crippen LogP contribution in [0.2, 0.25) is 0 Å². The molecule has 0 saturated carbocycles. The Hall–Kier alpha value is -2.26. The number of nitriles is 1. The summed E-state index contributed by atoms with van der Waals surface area (Å²) < 4.78 is 0. The van der Waals surface area contributed by atoms with Crippen LogP contribution in [0.4, 0.5) is 17.3 Å². The molecule has 0 bridgehead atoms. The first-order valence-electron chi connectivity index (χ1n) is 6.70. The van der Waals surface area contributed by atoms with Crippen molar-refractivity contribution >= 4 is 29.1 Å². The molecule has 0 aliphatic rings. The van der Waals surface area contributed by atoms with Gasteiger partial charge >= 0.3 is 0 Å². The van der Waals surface area contributed by atoms with E-state index in [1.54, 1.807) is 6.07 Å². The topological polar surface area (TPSA) is 73.6 Å². The van der Waals surface area contributed by atoms with Crippen molar-refractivity contribution in [3.63, 3.8) is 0 Å². The van der Waals surface area contributed by atoms with Gasteiger partial charge < -0.3 is 10.6 Å². The number of anilines is 3. The van der Waals surface area contributed by atoms with Crippen LogP contribution < -0.4 is 10.6 Å². The van der Waals surface area contributed by atoms with Gasteiger partial charge in [-0.3, -0.25) is 0 Å². The quantitative estimate of drug-likeness (QED) is 0.626. The van der Waals surface area contributed by atoms with Crippen LogP contribution in [0.15, 0.2) is 35.5 Å². The molecule has 0 spiro atoms. The highest BCUT2D eigenvalue weighted by molar-refractivity contribution is 7.98. The fourth-order valence-corrected chi connectivity index (χ4v) is 2.13. The Kier molecular flexibility index (Phi) is 5.41. The third kappa shape index (κ3) is 4.10. The first-order chi connectivity index (χ1) is 10.3. The second-order valence-electron chi connectivity index (χ2n) is 4.33. The van der Waals surface area contributed by atoms with Gasteiger partial charge in [-0.05, 0) is 24.8 Å². The second kappa shape index (κ2) is 7.50. The zero-order chi connectivity index (χ0) is 15.1. The van der Waals surface area contributed by atoms with Gasteiger partial charge in [0, 0.05) is 12.6 Å². The lowest BCUT2D eigenvalue weighted by molar-refractivity contribution is 0.929. The Morgan fingerprint density at radius 2 is 2.00 bits per heavy atom. The molecule has 5 nitrogen and oxygen atoms in total. The zero-order valence-electron chi connectivity index (χ0n) is 12.1. The predicted molar refractivity (Wildman–Crippen MR) is 87.0 cm³/mol. The van der Waals surface area contributed by atoms with Gasteiger partial charge in [0.05, 0.1) is 11.3 Å². The average molecular weight is 299 g/mol. The molecule has 1 heterocycles. The van der Waals surface area contributed by atoms with Crippen LogP contribution in [0, 0.1) is 11.3 Å². The maximum atomic E-state index is 9.13. The molecule has 6 heteroatoms. The highest BCUT2D eigenvalue weighted by atomic mass is 32.2. The first kappa shape index (κ1) is 15.1. The Morgan fingerprint density at radius 1 is 1.24 bits per heavy atom. The molecule has 0 saturated heterocycles. The Bertz CT molecular complexity index is 651. The number of aromatic nitrogens is 2. The molecule has 0 radical (unpaired) electrons. The number of hydrogen-bond acceptors (Lipinski definition) is 6. The number of para-hydroxylation sites is 1. The lowest BCUT2D eigenvalue weighted by Crippen LogP contribution is -2.05. The molecule has 2 aromatic rings. The molecule has 0 aliphatic carbocycles. The van der Waals surface area contributed by atoms with Crippen LogP contribution in [0.5, 0.6) is 0 Å². The second-order valence-corrected chi connectivity index (χ2v) is 5.11. The molecule has 0 atom stereocenters. The summed E-state index contributed by atoms with van der Waals surface area (Å²) in [7, 11) is 0. The molecule has 0 amide bonds. The van der Waals surface area contributed by atoms with E-state index in [0.29, 0.717) is 16.5 Å². The summed E-state index contributed by atoms with van der Waals surface area (Å²) >= 11 is 1.48. The van der Waals surface area contributed by atoms with Crippen molar-refractivity contribution in [2.45, 2.75) is 18.5 Å². The zero-order valence-corrected chi connectivity index (χ0v) is 12.9. The third-order valence-electron chi connectivity index (χ3n) is 2.75. The van der Waals surface area contributed by atoms with Crippen LogP contribution in [0.3, 0.4) is 0 Å². The van der Waals surface area contributed by atoms with E-state index in [4.69, 9.17) is 5.26 Å². The van der Waals surface area contributed by atoms with E-state index < -0.39 is 0 Å². The summed E-state index contributed by atoms with van der Waals surface area (Å²) in [5.41, 5.74) is 1.33. The Labute approximate surface area is 128 Å². The highest BCUT2D eigenvalue weighted by Gasteiger charge is 2.06. The minimum Gasteiger partial charge on any atom is -0.370 e. The van der Waals surface area contributed by atoms with E-state index >= 15 is 0 Å². The van der Waals surface area contributed by atoms with E-state index in [9.17, 15) is 0 Å². The van der Waals surface area contributed by atoms with Crippen LogP contribution in [0.25, 0.3) is 0 Å². The van der Waals surface area contributed by atoms with Crippen molar-refractivity contribution in [1.82, 2.24) is 9.97 Å². The van der Waals surface area contributed by atoms with Gasteiger partial charge in [-0.15, -0.1) is 0 Å². The molecule has 0 aliphatic heterocycles. The van der Waals surface area contributed by atoms with E-state index in [0.717, 1.165) is 24.5 Å². The monoisotopic (exact) mass is 299 g/mol. The highest BCUT2D eigenvalue weighted by Crippen LogP contribution is 2.22. The van der Waals surface area contributed by atoms with E-state index in [1.165, 1.54) is 11.8 Å². The fraction of sp³-hybridized carbons (Fsp3) is 0.267. The van der Waals surface area contributed by atoms with Crippen LogP contribution >= 0.6 is 11.8 Å². The van der Waals surface area contributed by atoms with Gasteiger partial charge in [-0.1, -0.05) is 30.8 Å². The molecule has 1 aromatic carbocycles. The van der Waals surface area contributed by atoms with E-state index in [-0.39, 0.29) is 0 Å². The Morgan fingerprint density at radius 3 is 2.71 bits per heavy atom. The lowest BCUT2D eigenvalue weighted by Gasteiger charge is -2.11. The van der Waals surface area contributed by atoms with Crippen molar-refractivity contribution in [3.8, 4) is 6.07 Å². The van der Waals surface area contributed by atoms with Crippen molar-refractivity contribution in [3.05, 3.63) is 35.9 Å². The predicted octanol–water partition coefficient (Wildman–Crippen LogP) is 3.64. The SMILES string of the molecule is CCCNc1cc(Nc2ccccc2C#N)nc(SC)n1. The molecule has 1 aromatic heterocycles. The molecule has 0 fully saturated rings. The summed E-state index contributed by atoms with van der Waals surface area (Å²) in [6.45, 7) is 2.96. The molecule has 2 N–H and O–H groups in total. The van der Waals surface area contributed by atoms with Crippen LogP contribution in [-0.4, -0.2) is 22.8 Å². The number of rotatable bonds is 6. The molecular formula is C15H17N5S. The van der Waals surface area contributed by atoms with Crippen molar-refractivity contribution in [2.24, 2.45) is 0 Å².